The van der Waals surface area contributed by atoms with Gasteiger partial charge in [-0.15, -0.1) is 21.5 Å². The van der Waals surface area contributed by atoms with Crippen LogP contribution in [-0.2, 0) is 19.9 Å². The smallest absolute Gasteiger partial charge is 0.251 e. The van der Waals surface area contributed by atoms with E-state index < -0.39 is 23.6 Å². The van der Waals surface area contributed by atoms with Crippen molar-refractivity contribution in [2.75, 3.05) is 5.32 Å². The lowest BCUT2D eigenvalue weighted by Crippen LogP contribution is -2.11. The van der Waals surface area contributed by atoms with Crippen LogP contribution in [0.15, 0.2) is 36.4 Å². The molecule has 0 spiro atoms. The summed E-state index contributed by atoms with van der Waals surface area (Å²) in [6.07, 6.45) is -0.280. The van der Waals surface area contributed by atoms with Gasteiger partial charge >= 0.3 is 0 Å². The second-order valence-corrected chi connectivity index (χ2v) is 8.77. The number of pyridine rings is 1. The number of amides is 1. The molecule has 4 aromatic rings. The zero-order chi connectivity index (χ0) is 24.4. The van der Waals surface area contributed by atoms with Crippen LogP contribution in [0.25, 0.3) is 10.4 Å². The van der Waals surface area contributed by atoms with Crippen LogP contribution < -0.4 is 11.1 Å². The molecule has 3 heterocycles. The molecule has 0 aliphatic rings. The summed E-state index contributed by atoms with van der Waals surface area (Å²) in [5.41, 5.74) is 6.31. The first-order valence-electron chi connectivity index (χ1n) is 10.3. The van der Waals surface area contributed by atoms with Gasteiger partial charge in [0.15, 0.2) is 5.82 Å². The molecule has 12 heteroatoms. The number of nitrogens with zero attached hydrogens (tertiary/aromatic N) is 5. The molecule has 1 aromatic carbocycles. The number of aryl methyl sites for hydroxylation is 1. The number of primary amides is 1. The summed E-state index contributed by atoms with van der Waals surface area (Å²) >= 11 is 0.978. The fourth-order valence-corrected chi connectivity index (χ4v) is 4.55. The van der Waals surface area contributed by atoms with Gasteiger partial charge < -0.3 is 16.2 Å². The zero-order valence-corrected chi connectivity index (χ0v) is 19.1. The van der Waals surface area contributed by atoms with Crippen molar-refractivity contribution in [3.63, 3.8) is 0 Å². The number of hydrogen-bond acceptors (Lipinski definition) is 8. The monoisotopic (exact) mass is 485 g/mol. The molecule has 0 aliphatic heterocycles. The van der Waals surface area contributed by atoms with Crippen molar-refractivity contribution in [2.24, 2.45) is 12.8 Å². The Morgan fingerprint density at radius 1 is 1.26 bits per heavy atom. The van der Waals surface area contributed by atoms with Gasteiger partial charge in [-0.25, -0.2) is 13.8 Å². The minimum Gasteiger partial charge on any atom is -0.393 e. The van der Waals surface area contributed by atoms with Gasteiger partial charge in [0.1, 0.15) is 22.5 Å². The molecule has 0 radical (unpaired) electrons. The highest BCUT2D eigenvalue weighted by Gasteiger charge is 2.21. The standard InChI is InChI=1S/C22H21F2N7O2S/c1-11(32)6-12-7-15(23)20(16(24)8-12)17-10-14(21(25)33)22(34-17)27-18-5-3-4-13(26-18)9-19-28-30-31(2)29-19/h3-5,7-8,10-11,32H,6,9H2,1-2H3,(H2,25,33)(H,26,27). The van der Waals surface area contributed by atoms with Crippen molar-refractivity contribution in [1.82, 2.24) is 25.2 Å². The van der Waals surface area contributed by atoms with E-state index >= 15 is 0 Å². The number of nitrogens with one attached hydrogen (secondary N) is 1. The summed E-state index contributed by atoms with van der Waals surface area (Å²) in [6, 6.07) is 8.93. The summed E-state index contributed by atoms with van der Waals surface area (Å²) in [5.74, 6) is -1.44. The maximum atomic E-state index is 14.8. The van der Waals surface area contributed by atoms with Crippen LogP contribution in [0, 0.1) is 11.6 Å². The van der Waals surface area contributed by atoms with Crippen molar-refractivity contribution in [3.8, 4) is 10.4 Å². The lowest BCUT2D eigenvalue weighted by atomic mass is 10.0. The van der Waals surface area contributed by atoms with Crippen LogP contribution in [-0.4, -0.2) is 42.3 Å². The number of carbonyl (C=O) groups excluding carboxylic acids is 1. The van der Waals surface area contributed by atoms with Crippen molar-refractivity contribution >= 4 is 28.1 Å². The molecule has 0 saturated heterocycles. The Kier molecular flexibility index (Phi) is 6.61. The molecule has 1 atom stereocenters. The number of nitrogens with two attached hydrogens (primary N) is 1. The fourth-order valence-electron chi connectivity index (χ4n) is 3.43. The van der Waals surface area contributed by atoms with Crippen LogP contribution >= 0.6 is 11.3 Å². The average Bonchev–Trinajstić information content (AvgIpc) is 3.33. The number of benzene rings is 1. The van der Waals surface area contributed by atoms with Crippen LogP contribution in [0.2, 0.25) is 0 Å². The van der Waals surface area contributed by atoms with Crippen LogP contribution in [0.1, 0.15) is 34.4 Å². The predicted molar refractivity (Wildman–Crippen MR) is 123 cm³/mol. The molecule has 4 N–H and O–H groups in total. The molecular formula is C22H21F2N7O2S. The first-order valence-corrected chi connectivity index (χ1v) is 11.1. The van der Waals surface area contributed by atoms with E-state index in [4.69, 9.17) is 5.73 Å². The first-order chi connectivity index (χ1) is 16.2. The van der Waals surface area contributed by atoms with Crippen molar-refractivity contribution < 1.29 is 18.7 Å². The van der Waals surface area contributed by atoms with Crippen molar-refractivity contribution in [1.29, 1.82) is 0 Å². The number of rotatable bonds is 8. The molecule has 0 saturated carbocycles. The number of tetrazole rings is 1. The van der Waals surface area contributed by atoms with E-state index in [0.717, 1.165) is 11.3 Å². The quantitative estimate of drug-likeness (QED) is 0.350. The zero-order valence-electron chi connectivity index (χ0n) is 18.3. The molecule has 9 nitrogen and oxygen atoms in total. The number of carbonyl (C=O) groups is 1. The Hall–Kier alpha value is -3.77. The Morgan fingerprint density at radius 2 is 2.00 bits per heavy atom. The number of thiophene rings is 1. The van der Waals surface area contributed by atoms with E-state index in [0.29, 0.717) is 34.3 Å². The van der Waals surface area contributed by atoms with Crippen LogP contribution in [0.3, 0.4) is 0 Å². The summed E-state index contributed by atoms with van der Waals surface area (Å²) in [4.78, 5) is 18.1. The third-order valence-electron chi connectivity index (χ3n) is 4.81. The predicted octanol–water partition coefficient (Wildman–Crippen LogP) is 2.97. The van der Waals surface area contributed by atoms with Gasteiger partial charge in [-0.1, -0.05) is 6.07 Å². The van der Waals surface area contributed by atoms with E-state index in [9.17, 15) is 18.7 Å². The summed E-state index contributed by atoms with van der Waals surface area (Å²) in [5, 5.41) is 24.7. The molecule has 176 valence electrons. The number of halogens is 2. The number of anilines is 2. The lowest BCUT2D eigenvalue weighted by Gasteiger charge is -2.08. The molecule has 34 heavy (non-hydrogen) atoms. The number of aromatic nitrogens is 5. The van der Waals surface area contributed by atoms with E-state index in [1.54, 1.807) is 25.2 Å². The van der Waals surface area contributed by atoms with Crippen LogP contribution in [0.5, 0.6) is 0 Å². The molecule has 1 amide bonds. The van der Waals surface area contributed by atoms with E-state index in [-0.39, 0.29) is 22.4 Å². The normalized spacial score (nSPS) is 12.0. The van der Waals surface area contributed by atoms with Crippen molar-refractivity contribution in [2.45, 2.75) is 25.9 Å². The third kappa shape index (κ3) is 5.24. The Labute approximate surface area is 197 Å². The minimum absolute atomic E-state index is 0.0784. The maximum absolute atomic E-state index is 14.8. The SMILES string of the molecule is CC(O)Cc1cc(F)c(-c2cc(C(N)=O)c(Nc3cccc(Cc4nnn(C)n4)n3)s2)c(F)c1. The molecular weight excluding hydrogens is 464 g/mol. The van der Waals surface area contributed by atoms with Gasteiger partial charge in [0, 0.05) is 4.88 Å². The number of hydrogen-bond donors (Lipinski definition) is 3. The van der Waals surface area contributed by atoms with Gasteiger partial charge in [0.05, 0.1) is 36.4 Å². The van der Waals surface area contributed by atoms with Crippen molar-refractivity contribution in [3.05, 3.63) is 70.7 Å². The highest BCUT2D eigenvalue weighted by molar-refractivity contribution is 7.20. The summed E-state index contributed by atoms with van der Waals surface area (Å²) < 4.78 is 29.6. The van der Waals surface area contributed by atoms with Gasteiger partial charge in [-0.2, -0.15) is 4.80 Å². The average molecular weight is 486 g/mol. The van der Waals surface area contributed by atoms with Crippen LogP contribution in [0.4, 0.5) is 19.6 Å². The third-order valence-corrected chi connectivity index (χ3v) is 5.88. The number of aliphatic hydroxyl groups excluding tert-OH is 1. The highest BCUT2D eigenvalue weighted by atomic mass is 32.1. The highest BCUT2D eigenvalue weighted by Crippen LogP contribution is 2.39. The summed E-state index contributed by atoms with van der Waals surface area (Å²) in [7, 11) is 1.66. The Morgan fingerprint density at radius 3 is 2.62 bits per heavy atom. The van der Waals surface area contributed by atoms with E-state index in [2.05, 4.69) is 25.7 Å². The summed E-state index contributed by atoms with van der Waals surface area (Å²) in [6.45, 7) is 1.53. The van der Waals surface area contributed by atoms with E-state index in [1.165, 1.54) is 29.9 Å². The molecule has 0 aliphatic carbocycles. The van der Waals surface area contributed by atoms with Gasteiger partial charge in [0.25, 0.3) is 5.91 Å². The topological polar surface area (TPSA) is 132 Å². The first kappa shape index (κ1) is 23.4. The minimum atomic E-state index is -0.795. The fraction of sp³-hybridized carbons (Fsp3) is 0.227. The van der Waals surface area contributed by atoms with Gasteiger partial charge in [0.2, 0.25) is 0 Å². The van der Waals surface area contributed by atoms with Gasteiger partial charge in [-0.3, -0.25) is 4.79 Å². The Bertz CT molecular complexity index is 1330. The second kappa shape index (κ2) is 9.61. The Balaban J connectivity index is 1.64. The molecule has 3 aromatic heterocycles. The van der Waals surface area contributed by atoms with E-state index in [1.807, 2.05) is 0 Å². The molecule has 0 fully saturated rings. The second-order valence-electron chi connectivity index (χ2n) is 7.72. The maximum Gasteiger partial charge on any atom is 0.251 e. The molecule has 0 bridgehead atoms. The van der Waals surface area contributed by atoms with Gasteiger partial charge in [-0.05, 0) is 54.5 Å². The molecule has 1 unspecified atom stereocenters. The largest absolute Gasteiger partial charge is 0.393 e. The lowest BCUT2D eigenvalue weighted by molar-refractivity contribution is 0.100. The molecule has 4 rings (SSSR count). The number of aliphatic hydroxyl groups is 1.